The number of halogens is 1. The van der Waals surface area contributed by atoms with E-state index in [1.807, 2.05) is 47.2 Å². The third-order valence-electron chi connectivity index (χ3n) is 3.83. The van der Waals surface area contributed by atoms with Crippen LogP contribution in [0.5, 0.6) is 5.75 Å². The number of aromatic nitrogens is 2. The van der Waals surface area contributed by atoms with E-state index in [1.54, 1.807) is 12.5 Å². The fourth-order valence-electron chi connectivity index (χ4n) is 2.49. The summed E-state index contributed by atoms with van der Waals surface area (Å²) in [6.07, 6.45) is 11.3. The summed E-state index contributed by atoms with van der Waals surface area (Å²) >= 11 is 6.31. The van der Waals surface area contributed by atoms with Gasteiger partial charge in [-0.3, -0.25) is 0 Å². The Bertz CT molecular complexity index is 785. The topological polar surface area (TPSA) is 27.1 Å². The summed E-state index contributed by atoms with van der Waals surface area (Å²) in [7, 11) is 0. The molecule has 0 spiro atoms. The Morgan fingerprint density at radius 1 is 1.04 bits per heavy atom. The summed E-state index contributed by atoms with van der Waals surface area (Å²) in [5, 5.41) is 0. The standard InChI is InChI=1S/C21H21ClN2O/c22-21(24-14-13-23-17-24)10-5-15-25-20-9-4-8-19(16-20)12-11-18-6-2-1-3-7-18/h1-4,6-9,11-14,16-17,21H,5,10,15H2/b12-11+. The fourth-order valence-corrected chi connectivity index (χ4v) is 2.76. The fraction of sp³-hybridized carbons (Fsp3) is 0.190. The molecule has 0 aliphatic heterocycles. The van der Waals surface area contributed by atoms with E-state index < -0.39 is 0 Å². The number of benzene rings is 2. The Hall–Kier alpha value is -2.52. The lowest BCUT2D eigenvalue weighted by molar-refractivity contribution is 0.301. The van der Waals surface area contributed by atoms with Crippen molar-refractivity contribution in [2.75, 3.05) is 6.61 Å². The number of nitrogens with zero attached hydrogens (tertiary/aromatic N) is 2. The first-order valence-corrected chi connectivity index (χ1v) is 8.82. The van der Waals surface area contributed by atoms with Crippen LogP contribution in [0.25, 0.3) is 12.2 Å². The third-order valence-corrected chi connectivity index (χ3v) is 4.27. The molecule has 0 saturated carbocycles. The Morgan fingerprint density at radius 2 is 1.84 bits per heavy atom. The van der Waals surface area contributed by atoms with Gasteiger partial charge >= 0.3 is 0 Å². The second-order valence-corrected chi connectivity index (χ2v) is 6.26. The SMILES string of the molecule is ClC(CCCOc1cccc(/C=C/c2ccccc2)c1)n1ccnc1. The van der Waals surface area contributed by atoms with Crippen LogP contribution in [-0.4, -0.2) is 16.2 Å². The van der Waals surface area contributed by atoms with Crippen LogP contribution in [0.2, 0.25) is 0 Å². The van der Waals surface area contributed by atoms with Gasteiger partial charge in [-0.1, -0.05) is 66.2 Å². The molecule has 1 heterocycles. The molecule has 0 aliphatic carbocycles. The normalized spacial score (nSPS) is 12.4. The van der Waals surface area contributed by atoms with E-state index >= 15 is 0 Å². The van der Waals surface area contributed by atoms with Crippen LogP contribution in [0.1, 0.15) is 29.5 Å². The number of alkyl halides is 1. The van der Waals surface area contributed by atoms with Crippen LogP contribution < -0.4 is 4.74 Å². The molecule has 0 N–H and O–H groups in total. The van der Waals surface area contributed by atoms with Gasteiger partial charge in [0.2, 0.25) is 0 Å². The van der Waals surface area contributed by atoms with Crippen molar-refractivity contribution in [3.8, 4) is 5.75 Å². The van der Waals surface area contributed by atoms with Crippen molar-refractivity contribution in [3.63, 3.8) is 0 Å². The molecule has 0 amide bonds. The van der Waals surface area contributed by atoms with Crippen molar-refractivity contribution in [2.24, 2.45) is 0 Å². The Labute approximate surface area is 153 Å². The van der Waals surface area contributed by atoms with Gasteiger partial charge in [0.05, 0.1) is 12.9 Å². The summed E-state index contributed by atoms with van der Waals surface area (Å²) in [5.74, 6) is 0.879. The van der Waals surface area contributed by atoms with Crippen molar-refractivity contribution >= 4 is 23.8 Å². The average Bonchev–Trinajstić information content (AvgIpc) is 3.19. The predicted molar refractivity (Wildman–Crippen MR) is 104 cm³/mol. The van der Waals surface area contributed by atoms with Gasteiger partial charge < -0.3 is 9.30 Å². The van der Waals surface area contributed by atoms with Gasteiger partial charge in [-0.05, 0) is 36.1 Å². The molecular weight excluding hydrogens is 332 g/mol. The average molecular weight is 353 g/mol. The van der Waals surface area contributed by atoms with Crippen molar-refractivity contribution < 1.29 is 4.74 Å². The van der Waals surface area contributed by atoms with Gasteiger partial charge in [-0.25, -0.2) is 4.98 Å². The van der Waals surface area contributed by atoms with E-state index in [0.717, 1.165) is 24.2 Å². The molecule has 1 aromatic heterocycles. The number of hydrogen-bond acceptors (Lipinski definition) is 2. The lowest BCUT2D eigenvalue weighted by Crippen LogP contribution is -2.03. The van der Waals surface area contributed by atoms with Crippen LogP contribution in [0.3, 0.4) is 0 Å². The zero-order valence-electron chi connectivity index (χ0n) is 14.0. The van der Waals surface area contributed by atoms with Crippen LogP contribution in [-0.2, 0) is 0 Å². The van der Waals surface area contributed by atoms with Crippen LogP contribution in [0.15, 0.2) is 73.3 Å². The van der Waals surface area contributed by atoms with Gasteiger partial charge in [0.15, 0.2) is 0 Å². The monoisotopic (exact) mass is 352 g/mol. The molecule has 128 valence electrons. The van der Waals surface area contributed by atoms with E-state index in [-0.39, 0.29) is 5.50 Å². The van der Waals surface area contributed by atoms with E-state index in [2.05, 4.69) is 35.3 Å². The smallest absolute Gasteiger partial charge is 0.119 e. The quantitative estimate of drug-likeness (QED) is 0.297. The van der Waals surface area contributed by atoms with E-state index in [9.17, 15) is 0 Å². The molecular formula is C21H21ClN2O. The first-order chi connectivity index (χ1) is 12.3. The maximum Gasteiger partial charge on any atom is 0.119 e. The number of imidazole rings is 1. The lowest BCUT2D eigenvalue weighted by Gasteiger charge is -2.11. The van der Waals surface area contributed by atoms with Crippen molar-refractivity contribution in [3.05, 3.63) is 84.4 Å². The number of ether oxygens (including phenoxy) is 1. The molecule has 3 rings (SSSR count). The molecule has 0 radical (unpaired) electrons. The second kappa shape index (κ2) is 9.09. The molecule has 0 aliphatic rings. The highest BCUT2D eigenvalue weighted by Gasteiger charge is 2.05. The Balaban J connectivity index is 1.47. The van der Waals surface area contributed by atoms with Crippen LogP contribution >= 0.6 is 11.6 Å². The third kappa shape index (κ3) is 5.50. The van der Waals surface area contributed by atoms with Crippen LogP contribution in [0.4, 0.5) is 0 Å². The molecule has 0 fully saturated rings. The molecule has 25 heavy (non-hydrogen) atoms. The van der Waals surface area contributed by atoms with Gasteiger partial charge in [0.25, 0.3) is 0 Å². The highest BCUT2D eigenvalue weighted by atomic mass is 35.5. The molecule has 1 atom stereocenters. The first kappa shape index (κ1) is 17.3. The summed E-state index contributed by atoms with van der Waals surface area (Å²) in [5.41, 5.74) is 2.22. The number of hydrogen-bond donors (Lipinski definition) is 0. The van der Waals surface area contributed by atoms with Gasteiger partial charge in [0, 0.05) is 12.4 Å². The summed E-state index contributed by atoms with van der Waals surface area (Å²) < 4.78 is 7.75. The highest BCUT2D eigenvalue weighted by Crippen LogP contribution is 2.20. The summed E-state index contributed by atoms with van der Waals surface area (Å²) in [6.45, 7) is 0.643. The Kier molecular flexibility index (Phi) is 6.29. The van der Waals surface area contributed by atoms with Crippen molar-refractivity contribution in [1.29, 1.82) is 0 Å². The van der Waals surface area contributed by atoms with Gasteiger partial charge in [-0.2, -0.15) is 0 Å². The van der Waals surface area contributed by atoms with Crippen molar-refractivity contribution in [1.82, 2.24) is 9.55 Å². The zero-order chi connectivity index (χ0) is 17.3. The highest BCUT2D eigenvalue weighted by molar-refractivity contribution is 6.19. The van der Waals surface area contributed by atoms with E-state index in [0.29, 0.717) is 6.61 Å². The number of rotatable bonds is 8. The van der Waals surface area contributed by atoms with Gasteiger partial charge in [0.1, 0.15) is 11.3 Å². The first-order valence-electron chi connectivity index (χ1n) is 8.39. The lowest BCUT2D eigenvalue weighted by atomic mass is 10.1. The molecule has 3 aromatic rings. The minimum atomic E-state index is -0.0776. The van der Waals surface area contributed by atoms with Crippen molar-refractivity contribution in [2.45, 2.75) is 18.3 Å². The molecule has 4 heteroatoms. The molecule has 3 nitrogen and oxygen atoms in total. The Morgan fingerprint density at radius 3 is 2.64 bits per heavy atom. The predicted octanol–water partition coefficient (Wildman–Crippen LogP) is 5.65. The molecule has 0 saturated heterocycles. The minimum Gasteiger partial charge on any atom is -0.494 e. The van der Waals surface area contributed by atoms with E-state index in [4.69, 9.17) is 16.3 Å². The summed E-state index contributed by atoms with van der Waals surface area (Å²) in [6, 6.07) is 18.4. The molecule has 1 unspecified atom stereocenters. The molecule has 0 bridgehead atoms. The maximum absolute atomic E-state index is 6.31. The summed E-state index contributed by atoms with van der Waals surface area (Å²) in [4.78, 5) is 4.01. The van der Waals surface area contributed by atoms with Crippen LogP contribution in [0, 0.1) is 0 Å². The molecule has 2 aromatic carbocycles. The van der Waals surface area contributed by atoms with Gasteiger partial charge in [-0.15, -0.1) is 0 Å². The second-order valence-electron chi connectivity index (χ2n) is 5.75. The largest absolute Gasteiger partial charge is 0.494 e. The maximum atomic E-state index is 6.31. The minimum absolute atomic E-state index is 0.0776. The zero-order valence-corrected chi connectivity index (χ0v) is 14.7. The van der Waals surface area contributed by atoms with E-state index in [1.165, 1.54) is 5.56 Å².